The van der Waals surface area contributed by atoms with E-state index >= 15 is 0 Å². The summed E-state index contributed by atoms with van der Waals surface area (Å²) in [6.45, 7) is 5.38. The van der Waals surface area contributed by atoms with Gasteiger partial charge in [-0.3, -0.25) is 14.9 Å². The van der Waals surface area contributed by atoms with Crippen LogP contribution >= 0.6 is 11.3 Å². The summed E-state index contributed by atoms with van der Waals surface area (Å²) in [4.78, 5) is 25.0. The minimum Gasteiger partial charge on any atom is -0.326 e. The SMILES string of the molecule is CC(=O)Nc1ccc(NC(=O)[C@@H](C)N[C@H](c2ccc(C)cc2)c2cccs2)cc1. The molecule has 3 rings (SSSR count). The van der Waals surface area contributed by atoms with Crippen molar-refractivity contribution in [2.75, 3.05) is 10.6 Å². The molecular weight excluding hydrogens is 382 g/mol. The van der Waals surface area contributed by atoms with E-state index in [0.29, 0.717) is 11.4 Å². The Morgan fingerprint density at radius 3 is 2.07 bits per heavy atom. The monoisotopic (exact) mass is 407 g/mol. The molecule has 0 saturated carbocycles. The molecule has 5 nitrogen and oxygen atoms in total. The van der Waals surface area contributed by atoms with E-state index in [1.165, 1.54) is 12.5 Å². The molecule has 150 valence electrons. The Hall–Kier alpha value is -2.96. The normalized spacial score (nSPS) is 12.8. The lowest BCUT2D eigenvalue weighted by atomic mass is 10.0. The van der Waals surface area contributed by atoms with Gasteiger partial charge >= 0.3 is 0 Å². The van der Waals surface area contributed by atoms with Crippen molar-refractivity contribution in [3.63, 3.8) is 0 Å². The van der Waals surface area contributed by atoms with Crippen LogP contribution in [0.5, 0.6) is 0 Å². The number of carbonyl (C=O) groups is 2. The van der Waals surface area contributed by atoms with Crippen molar-refractivity contribution in [2.45, 2.75) is 32.9 Å². The summed E-state index contributed by atoms with van der Waals surface area (Å²) < 4.78 is 0. The van der Waals surface area contributed by atoms with Crippen LogP contribution in [0.15, 0.2) is 66.0 Å². The predicted molar refractivity (Wildman–Crippen MR) is 119 cm³/mol. The van der Waals surface area contributed by atoms with Crippen molar-refractivity contribution >= 4 is 34.5 Å². The van der Waals surface area contributed by atoms with Crippen LogP contribution in [-0.2, 0) is 9.59 Å². The van der Waals surface area contributed by atoms with Crippen LogP contribution < -0.4 is 16.0 Å². The fourth-order valence-electron chi connectivity index (χ4n) is 2.97. The molecule has 2 aromatic carbocycles. The number of hydrogen-bond acceptors (Lipinski definition) is 4. The molecule has 1 heterocycles. The molecule has 2 atom stereocenters. The molecular formula is C23H25N3O2S. The highest BCUT2D eigenvalue weighted by molar-refractivity contribution is 7.10. The van der Waals surface area contributed by atoms with Gasteiger partial charge in [0.2, 0.25) is 11.8 Å². The summed E-state index contributed by atoms with van der Waals surface area (Å²) in [5, 5.41) is 11.1. The molecule has 0 fully saturated rings. The van der Waals surface area contributed by atoms with E-state index in [0.717, 1.165) is 10.4 Å². The first-order valence-corrected chi connectivity index (χ1v) is 10.3. The maximum absolute atomic E-state index is 12.7. The quantitative estimate of drug-likeness (QED) is 0.531. The second-order valence-electron chi connectivity index (χ2n) is 7.00. The summed E-state index contributed by atoms with van der Waals surface area (Å²) in [7, 11) is 0. The first kappa shape index (κ1) is 20.8. The van der Waals surface area contributed by atoms with Crippen molar-refractivity contribution in [2.24, 2.45) is 0 Å². The number of amides is 2. The average molecular weight is 408 g/mol. The first-order chi connectivity index (χ1) is 13.9. The number of aryl methyl sites for hydroxylation is 1. The van der Waals surface area contributed by atoms with Crippen molar-refractivity contribution < 1.29 is 9.59 Å². The Labute approximate surface area is 175 Å². The van der Waals surface area contributed by atoms with E-state index in [9.17, 15) is 9.59 Å². The summed E-state index contributed by atoms with van der Waals surface area (Å²) >= 11 is 1.67. The number of hydrogen-bond donors (Lipinski definition) is 3. The molecule has 3 N–H and O–H groups in total. The lowest BCUT2D eigenvalue weighted by molar-refractivity contribution is -0.118. The Bertz CT molecular complexity index is 951. The van der Waals surface area contributed by atoms with Gasteiger partial charge in [0, 0.05) is 23.2 Å². The molecule has 0 aliphatic rings. The summed E-state index contributed by atoms with van der Waals surface area (Å²) in [5.41, 5.74) is 3.70. The van der Waals surface area contributed by atoms with Crippen LogP contribution in [0.25, 0.3) is 0 Å². The van der Waals surface area contributed by atoms with E-state index in [1.807, 2.05) is 18.4 Å². The van der Waals surface area contributed by atoms with E-state index in [2.05, 4.69) is 53.2 Å². The van der Waals surface area contributed by atoms with Crippen molar-refractivity contribution in [3.8, 4) is 0 Å². The van der Waals surface area contributed by atoms with Gasteiger partial charge < -0.3 is 10.6 Å². The Morgan fingerprint density at radius 2 is 1.52 bits per heavy atom. The van der Waals surface area contributed by atoms with Gasteiger partial charge in [-0.25, -0.2) is 0 Å². The molecule has 6 heteroatoms. The molecule has 0 aliphatic carbocycles. The number of nitrogens with one attached hydrogen (secondary N) is 3. The number of anilines is 2. The van der Waals surface area contributed by atoms with E-state index < -0.39 is 6.04 Å². The fourth-order valence-corrected chi connectivity index (χ4v) is 3.79. The van der Waals surface area contributed by atoms with Crippen molar-refractivity contribution in [3.05, 3.63) is 82.0 Å². The van der Waals surface area contributed by atoms with Crippen LogP contribution in [0.1, 0.15) is 35.9 Å². The van der Waals surface area contributed by atoms with Gasteiger partial charge in [0.1, 0.15) is 0 Å². The topological polar surface area (TPSA) is 70.2 Å². The second kappa shape index (κ2) is 9.49. The van der Waals surface area contributed by atoms with Gasteiger partial charge in [-0.05, 0) is 55.1 Å². The third-order valence-electron chi connectivity index (χ3n) is 4.52. The largest absolute Gasteiger partial charge is 0.326 e. The van der Waals surface area contributed by atoms with Crippen LogP contribution in [0.2, 0.25) is 0 Å². The zero-order valence-corrected chi connectivity index (χ0v) is 17.5. The first-order valence-electron chi connectivity index (χ1n) is 9.47. The molecule has 0 radical (unpaired) electrons. The molecule has 0 bridgehead atoms. The lowest BCUT2D eigenvalue weighted by Crippen LogP contribution is -2.40. The van der Waals surface area contributed by atoms with Gasteiger partial charge in [0.05, 0.1) is 12.1 Å². The number of rotatable bonds is 7. The highest BCUT2D eigenvalue weighted by Crippen LogP contribution is 2.27. The maximum Gasteiger partial charge on any atom is 0.241 e. The third-order valence-corrected chi connectivity index (χ3v) is 5.46. The molecule has 0 saturated heterocycles. The number of carbonyl (C=O) groups excluding carboxylic acids is 2. The van der Waals surface area contributed by atoms with Gasteiger partial charge in [-0.15, -0.1) is 11.3 Å². The molecule has 1 aromatic heterocycles. The Morgan fingerprint density at radius 1 is 0.897 bits per heavy atom. The van der Waals surface area contributed by atoms with Gasteiger partial charge in [-0.1, -0.05) is 35.9 Å². The summed E-state index contributed by atoms with van der Waals surface area (Å²) in [5.74, 6) is -0.249. The highest BCUT2D eigenvalue weighted by atomic mass is 32.1. The Balaban J connectivity index is 1.69. The fraction of sp³-hybridized carbons (Fsp3) is 0.217. The zero-order valence-electron chi connectivity index (χ0n) is 16.7. The maximum atomic E-state index is 12.7. The van der Waals surface area contributed by atoms with Gasteiger partial charge in [0.25, 0.3) is 0 Å². The minimum absolute atomic E-state index is 0.0570. The van der Waals surface area contributed by atoms with Crippen LogP contribution in [0.4, 0.5) is 11.4 Å². The zero-order chi connectivity index (χ0) is 20.8. The highest BCUT2D eigenvalue weighted by Gasteiger charge is 2.21. The molecule has 3 aromatic rings. The summed E-state index contributed by atoms with van der Waals surface area (Å²) in [6, 6.07) is 19.0. The average Bonchev–Trinajstić information content (AvgIpc) is 3.22. The van der Waals surface area contributed by atoms with Gasteiger partial charge in [0.15, 0.2) is 0 Å². The predicted octanol–water partition coefficient (Wildman–Crippen LogP) is 4.72. The van der Waals surface area contributed by atoms with Crippen LogP contribution in [0, 0.1) is 6.92 Å². The van der Waals surface area contributed by atoms with E-state index in [1.54, 1.807) is 35.6 Å². The standard InChI is InChI=1S/C23H25N3O2S/c1-15-6-8-18(9-7-15)22(21-5-4-14-29-21)24-16(2)23(28)26-20-12-10-19(11-13-20)25-17(3)27/h4-14,16,22,24H,1-3H3,(H,25,27)(H,26,28)/t16-,22-/m1/s1. The van der Waals surface area contributed by atoms with E-state index in [-0.39, 0.29) is 17.9 Å². The van der Waals surface area contributed by atoms with Crippen LogP contribution in [-0.4, -0.2) is 17.9 Å². The third kappa shape index (κ3) is 5.76. The molecule has 29 heavy (non-hydrogen) atoms. The lowest BCUT2D eigenvalue weighted by Gasteiger charge is -2.23. The molecule has 0 spiro atoms. The molecule has 0 unspecified atom stereocenters. The minimum atomic E-state index is -0.404. The molecule has 0 aliphatic heterocycles. The molecule has 2 amide bonds. The Kier molecular flexibility index (Phi) is 6.80. The smallest absolute Gasteiger partial charge is 0.241 e. The van der Waals surface area contributed by atoms with E-state index in [4.69, 9.17) is 0 Å². The van der Waals surface area contributed by atoms with Crippen LogP contribution in [0.3, 0.4) is 0 Å². The van der Waals surface area contributed by atoms with Crippen molar-refractivity contribution in [1.29, 1.82) is 0 Å². The summed E-state index contributed by atoms with van der Waals surface area (Å²) in [6.07, 6.45) is 0. The van der Waals surface area contributed by atoms with Gasteiger partial charge in [-0.2, -0.15) is 0 Å². The van der Waals surface area contributed by atoms with Crippen molar-refractivity contribution in [1.82, 2.24) is 5.32 Å². The second-order valence-corrected chi connectivity index (χ2v) is 7.97. The number of benzene rings is 2. The number of thiophene rings is 1.